The number of carbonyl (C=O) groups excluding carboxylic acids is 1. The summed E-state index contributed by atoms with van der Waals surface area (Å²) in [5, 5.41) is 15.3. The van der Waals surface area contributed by atoms with Gasteiger partial charge >= 0.3 is 0 Å². The maximum atomic E-state index is 10.9. The molecular weight excluding hydrogens is 364 g/mol. The maximum Gasteiger partial charge on any atom is 0.212 e. The molecule has 3 aromatic rings. The number of hydrogen-bond donors (Lipinski definition) is 2. The Labute approximate surface area is 158 Å². The first-order valence-corrected chi connectivity index (χ1v) is 9.81. The standard InChI is InChI=1S/C19H18N4O3S/c24-11-20-19-18(21-15-6-7-15)16-8-5-14(9-17(16)22-23-19)13-3-1-12(2-4-13)10-27(25)26/h1-5,8-9,11,15H,6-7,10H2,(H,21,22)(H,25,26)(H,20,23,24)/p-1. The van der Waals surface area contributed by atoms with Crippen LogP contribution in [-0.4, -0.2) is 31.4 Å². The second-order valence-electron chi connectivity index (χ2n) is 6.48. The summed E-state index contributed by atoms with van der Waals surface area (Å²) in [7, 11) is 0. The maximum absolute atomic E-state index is 10.9. The number of fused-ring (bicyclic) bond motifs is 1. The summed E-state index contributed by atoms with van der Waals surface area (Å²) >= 11 is -2.10. The van der Waals surface area contributed by atoms with Crippen molar-refractivity contribution in [3.63, 3.8) is 0 Å². The Morgan fingerprint density at radius 2 is 1.85 bits per heavy atom. The molecule has 1 heterocycles. The fraction of sp³-hybridized carbons (Fsp3) is 0.211. The van der Waals surface area contributed by atoms with Gasteiger partial charge in [0.25, 0.3) is 0 Å². The summed E-state index contributed by atoms with van der Waals surface area (Å²) in [4.78, 5) is 10.9. The highest BCUT2D eigenvalue weighted by atomic mass is 32.2. The molecular formula is C19H17N4O3S-. The third-order valence-electron chi connectivity index (χ3n) is 4.45. The van der Waals surface area contributed by atoms with Gasteiger partial charge in [0.05, 0.1) is 11.2 Å². The first kappa shape index (κ1) is 17.6. The molecule has 0 aliphatic heterocycles. The molecule has 1 aliphatic carbocycles. The molecule has 0 saturated heterocycles. The Bertz CT molecular complexity index is 1020. The zero-order chi connectivity index (χ0) is 18.8. The Morgan fingerprint density at radius 1 is 1.11 bits per heavy atom. The minimum Gasteiger partial charge on any atom is -0.772 e. The van der Waals surface area contributed by atoms with Crippen molar-refractivity contribution in [2.45, 2.75) is 24.6 Å². The van der Waals surface area contributed by atoms with Crippen molar-refractivity contribution in [1.82, 2.24) is 10.2 Å². The van der Waals surface area contributed by atoms with Gasteiger partial charge < -0.3 is 15.2 Å². The molecule has 7 nitrogen and oxygen atoms in total. The lowest BCUT2D eigenvalue weighted by Gasteiger charge is -2.13. The van der Waals surface area contributed by atoms with E-state index in [1.165, 1.54) is 0 Å². The molecule has 2 N–H and O–H groups in total. The Kier molecular flexibility index (Phi) is 4.83. The highest BCUT2D eigenvalue weighted by Crippen LogP contribution is 2.35. The lowest BCUT2D eigenvalue weighted by Crippen LogP contribution is -2.09. The number of nitrogens with zero attached hydrogens (tertiary/aromatic N) is 2. The van der Waals surface area contributed by atoms with Crippen LogP contribution in [0.5, 0.6) is 0 Å². The van der Waals surface area contributed by atoms with E-state index in [2.05, 4.69) is 20.8 Å². The predicted octanol–water partition coefficient (Wildman–Crippen LogP) is 2.82. The quantitative estimate of drug-likeness (QED) is 0.481. The van der Waals surface area contributed by atoms with Gasteiger partial charge in [0.1, 0.15) is 0 Å². The number of hydrogen-bond acceptors (Lipinski definition) is 6. The highest BCUT2D eigenvalue weighted by Gasteiger charge is 2.24. The Balaban J connectivity index is 1.70. The van der Waals surface area contributed by atoms with Crippen LogP contribution in [0, 0.1) is 0 Å². The van der Waals surface area contributed by atoms with Gasteiger partial charge in [-0.15, -0.1) is 10.2 Å². The minimum absolute atomic E-state index is 0.00613. The van der Waals surface area contributed by atoms with E-state index in [9.17, 15) is 13.6 Å². The average molecular weight is 381 g/mol. The number of benzene rings is 2. The summed E-state index contributed by atoms with van der Waals surface area (Å²) in [6.07, 6.45) is 2.80. The molecule has 8 heteroatoms. The number of aromatic nitrogens is 2. The summed E-state index contributed by atoms with van der Waals surface area (Å²) in [5.74, 6) is 0.429. The van der Waals surface area contributed by atoms with E-state index in [-0.39, 0.29) is 5.75 Å². The zero-order valence-electron chi connectivity index (χ0n) is 14.3. The van der Waals surface area contributed by atoms with Crippen molar-refractivity contribution in [1.29, 1.82) is 0 Å². The van der Waals surface area contributed by atoms with Crippen molar-refractivity contribution >= 4 is 39.9 Å². The molecule has 1 atom stereocenters. The third kappa shape index (κ3) is 3.96. The summed E-state index contributed by atoms with van der Waals surface area (Å²) in [6, 6.07) is 13.7. The lowest BCUT2D eigenvalue weighted by molar-refractivity contribution is -0.105. The first-order chi connectivity index (χ1) is 13.1. The second kappa shape index (κ2) is 7.42. The van der Waals surface area contributed by atoms with Crippen molar-refractivity contribution in [3.8, 4) is 11.1 Å². The fourth-order valence-corrected chi connectivity index (χ4v) is 3.42. The van der Waals surface area contributed by atoms with Crippen LogP contribution >= 0.6 is 0 Å². The molecule has 1 fully saturated rings. The smallest absolute Gasteiger partial charge is 0.212 e. The first-order valence-electron chi connectivity index (χ1n) is 8.56. The van der Waals surface area contributed by atoms with E-state index >= 15 is 0 Å². The van der Waals surface area contributed by atoms with Crippen molar-refractivity contribution in [2.75, 3.05) is 10.6 Å². The molecule has 1 aromatic heterocycles. The van der Waals surface area contributed by atoms with Crippen LogP contribution in [0.2, 0.25) is 0 Å². The molecule has 1 saturated carbocycles. The molecule has 0 radical (unpaired) electrons. The average Bonchev–Trinajstić information content (AvgIpc) is 3.48. The number of amides is 1. The van der Waals surface area contributed by atoms with Crippen LogP contribution in [0.15, 0.2) is 42.5 Å². The second-order valence-corrected chi connectivity index (χ2v) is 7.38. The lowest BCUT2D eigenvalue weighted by atomic mass is 10.0. The molecule has 0 bridgehead atoms. The van der Waals surface area contributed by atoms with E-state index in [4.69, 9.17) is 0 Å². The van der Waals surface area contributed by atoms with E-state index in [1.807, 2.05) is 30.3 Å². The summed E-state index contributed by atoms with van der Waals surface area (Å²) < 4.78 is 21.6. The van der Waals surface area contributed by atoms with Gasteiger partial charge in [-0.3, -0.25) is 9.00 Å². The van der Waals surface area contributed by atoms with Gasteiger partial charge in [0.2, 0.25) is 6.41 Å². The molecule has 1 unspecified atom stereocenters. The molecule has 2 aromatic carbocycles. The van der Waals surface area contributed by atoms with E-state index in [0.29, 0.717) is 18.3 Å². The van der Waals surface area contributed by atoms with E-state index < -0.39 is 11.1 Å². The minimum atomic E-state index is -2.10. The normalized spacial score (nSPS) is 14.7. The topological polar surface area (TPSA) is 107 Å². The third-order valence-corrected chi connectivity index (χ3v) is 5.02. The van der Waals surface area contributed by atoms with E-state index in [0.717, 1.165) is 46.1 Å². The van der Waals surface area contributed by atoms with Crippen molar-refractivity contribution in [3.05, 3.63) is 48.0 Å². The molecule has 4 rings (SSSR count). The van der Waals surface area contributed by atoms with Crippen molar-refractivity contribution < 1.29 is 13.6 Å². The monoisotopic (exact) mass is 381 g/mol. The van der Waals surface area contributed by atoms with Crippen LogP contribution in [0.3, 0.4) is 0 Å². The number of nitrogens with one attached hydrogen (secondary N) is 2. The van der Waals surface area contributed by atoms with Gasteiger partial charge in [-0.05, 0) is 41.7 Å². The molecule has 0 spiro atoms. The summed E-state index contributed by atoms with van der Waals surface area (Å²) in [6.45, 7) is 0. The fourth-order valence-electron chi connectivity index (χ4n) is 2.95. The largest absolute Gasteiger partial charge is 0.772 e. The summed E-state index contributed by atoms with van der Waals surface area (Å²) in [5.41, 5.74) is 4.17. The molecule has 138 valence electrons. The van der Waals surface area contributed by atoms with Gasteiger partial charge in [0, 0.05) is 17.2 Å². The highest BCUT2D eigenvalue weighted by molar-refractivity contribution is 7.78. The van der Waals surface area contributed by atoms with Gasteiger partial charge in [-0.25, -0.2) is 0 Å². The zero-order valence-corrected chi connectivity index (χ0v) is 15.2. The SMILES string of the molecule is O=CNc1nnc2cc(-c3ccc(CS(=O)[O-])cc3)ccc2c1NC1CC1. The Hall–Kier alpha value is -2.84. The van der Waals surface area contributed by atoms with Gasteiger partial charge in [-0.1, -0.05) is 41.4 Å². The molecule has 27 heavy (non-hydrogen) atoms. The van der Waals surface area contributed by atoms with Crippen LogP contribution in [0.4, 0.5) is 11.5 Å². The number of rotatable bonds is 7. The predicted molar refractivity (Wildman–Crippen MR) is 104 cm³/mol. The van der Waals surface area contributed by atoms with Crippen LogP contribution in [-0.2, 0) is 21.6 Å². The number of anilines is 2. The molecule has 1 amide bonds. The van der Waals surface area contributed by atoms with Crippen LogP contribution < -0.4 is 10.6 Å². The van der Waals surface area contributed by atoms with Gasteiger partial charge in [-0.2, -0.15) is 0 Å². The van der Waals surface area contributed by atoms with Gasteiger partial charge in [0.15, 0.2) is 5.82 Å². The van der Waals surface area contributed by atoms with Crippen LogP contribution in [0.25, 0.3) is 22.0 Å². The Morgan fingerprint density at radius 3 is 2.52 bits per heavy atom. The number of carbonyl (C=O) groups is 1. The van der Waals surface area contributed by atoms with Crippen LogP contribution in [0.1, 0.15) is 18.4 Å². The molecule has 1 aliphatic rings. The van der Waals surface area contributed by atoms with E-state index in [1.54, 1.807) is 12.1 Å². The van der Waals surface area contributed by atoms with Crippen molar-refractivity contribution in [2.24, 2.45) is 0 Å².